The molecule has 0 aliphatic carbocycles. The van der Waals surface area contributed by atoms with Crippen LogP contribution in [0.1, 0.15) is 39.4 Å². The van der Waals surface area contributed by atoms with Crippen LogP contribution in [0.15, 0.2) is 48.5 Å². The van der Waals surface area contributed by atoms with Crippen LogP contribution in [0.4, 0.5) is 20.2 Å². The molecule has 192 valence electrons. The van der Waals surface area contributed by atoms with Crippen molar-refractivity contribution in [3.63, 3.8) is 0 Å². The molecule has 2 aromatic carbocycles. The zero-order chi connectivity index (χ0) is 26.1. The molecule has 1 atom stereocenters. The Kier molecular flexibility index (Phi) is 6.60. The van der Waals surface area contributed by atoms with E-state index in [1.54, 1.807) is 11.0 Å². The van der Waals surface area contributed by atoms with Gasteiger partial charge in [-0.25, -0.2) is 4.68 Å². The largest absolute Gasteiger partial charge is 0.435 e. The molecule has 3 heterocycles. The Morgan fingerprint density at radius 1 is 1.11 bits per heavy atom. The lowest BCUT2D eigenvalue weighted by Crippen LogP contribution is -2.39. The number of hydrogen-bond acceptors (Lipinski definition) is 6. The minimum atomic E-state index is -3.02. The molecule has 0 bridgehead atoms. The molecule has 9 nitrogen and oxygen atoms in total. The summed E-state index contributed by atoms with van der Waals surface area (Å²) in [4.78, 5) is 40.7. The number of primary amides is 1. The van der Waals surface area contributed by atoms with Crippen LogP contribution in [0.2, 0.25) is 0 Å². The normalized spacial score (nSPS) is 17.6. The fourth-order valence-electron chi connectivity index (χ4n) is 4.98. The highest BCUT2D eigenvalue weighted by Crippen LogP contribution is 2.31. The van der Waals surface area contributed by atoms with E-state index in [4.69, 9.17) is 5.73 Å². The maximum atomic E-state index is 13.7. The third kappa shape index (κ3) is 4.76. The zero-order valence-corrected chi connectivity index (χ0v) is 19.8. The summed E-state index contributed by atoms with van der Waals surface area (Å²) in [7, 11) is 0. The molecule has 3 aromatic rings. The van der Waals surface area contributed by atoms with Gasteiger partial charge in [-0.2, -0.15) is 13.9 Å². The molecule has 5 rings (SSSR count). The molecular formula is C26H25F2N5O4. The average molecular weight is 510 g/mol. The van der Waals surface area contributed by atoms with Crippen molar-refractivity contribution >= 4 is 29.5 Å². The molecule has 1 fully saturated rings. The second-order valence-electron chi connectivity index (χ2n) is 9.04. The van der Waals surface area contributed by atoms with Crippen LogP contribution in [-0.2, 0) is 11.2 Å². The Balaban J connectivity index is 1.46. The van der Waals surface area contributed by atoms with Gasteiger partial charge < -0.3 is 25.1 Å². The van der Waals surface area contributed by atoms with Crippen molar-refractivity contribution in [2.24, 2.45) is 11.7 Å². The number of nitrogens with two attached hydrogens (primary N) is 1. The highest BCUT2D eigenvalue weighted by atomic mass is 19.3. The van der Waals surface area contributed by atoms with Crippen LogP contribution in [-0.4, -0.2) is 54.1 Å². The molecule has 0 radical (unpaired) electrons. The molecule has 2 aliphatic heterocycles. The Labute approximate surface area is 211 Å². The van der Waals surface area contributed by atoms with Crippen LogP contribution in [0, 0.1) is 5.92 Å². The van der Waals surface area contributed by atoms with Gasteiger partial charge in [-0.3, -0.25) is 9.59 Å². The maximum Gasteiger partial charge on any atom is 0.387 e. The number of carbonyl (C=O) groups is 3. The molecular weight excluding hydrogens is 484 g/mol. The predicted molar refractivity (Wildman–Crippen MR) is 132 cm³/mol. The van der Waals surface area contributed by atoms with Gasteiger partial charge in [0, 0.05) is 48.6 Å². The van der Waals surface area contributed by atoms with E-state index in [9.17, 15) is 23.2 Å². The molecule has 0 saturated carbocycles. The van der Waals surface area contributed by atoms with E-state index in [0.717, 1.165) is 31.4 Å². The molecule has 0 spiro atoms. The highest BCUT2D eigenvalue weighted by molar-refractivity contribution is 6.09. The molecule has 2 amide bonds. The van der Waals surface area contributed by atoms with Crippen LogP contribution in [0.3, 0.4) is 0 Å². The van der Waals surface area contributed by atoms with E-state index in [2.05, 4.69) is 14.7 Å². The van der Waals surface area contributed by atoms with Gasteiger partial charge in [0.2, 0.25) is 0 Å². The number of aldehydes is 1. The third-order valence-corrected chi connectivity index (χ3v) is 6.71. The van der Waals surface area contributed by atoms with Crippen molar-refractivity contribution in [1.82, 2.24) is 9.78 Å². The fraction of sp³-hybridized carbons (Fsp3) is 0.308. The van der Waals surface area contributed by atoms with Gasteiger partial charge in [0.25, 0.3) is 11.8 Å². The first kappa shape index (κ1) is 24.4. The van der Waals surface area contributed by atoms with Crippen LogP contribution in [0.25, 0.3) is 5.69 Å². The number of alkyl halides is 2. The molecule has 2 N–H and O–H groups in total. The van der Waals surface area contributed by atoms with Gasteiger partial charge in [0.1, 0.15) is 17.7 Å². The number of halogens is 2. The zero-order valence-electron chi connectivity index (χ0n) is 19.8. The smallest absolute Gasteiger partial charge is 0.387 e. The van der Waals surface area contributed by atoms with E-state index in [0.29, 0.717) is 30.8 Å². The minimum absolute atomic E-state index is 0.0138. The summed E-state index contributed by atoms with van der Waals surface area (Å²) in [5.74, 6) is -1.27. The Morgan fingerprint density at radius 2 is 1.86 bits per heavy atom. The van der Waals surface area contributed by atoms with Gasteiger partial charge in [-0.15, -0.1) is 0 Å². The van der Waals surface area contributed by atoms with Gasteiger partial charge in [-0.05, 0) is 55.7 Å². The number of anilines is 2. The van der Waals surface area contributed by atoms with Crippen LogP contribution in [0.5, 0.6) is 5.75 Å². The van der Waals surface area contributed by atoms with E-state index < -0.39 is 18.4 Å². The number of carbonyl (C=O) groups excluding carboxylic acids is 3. The summed E-state index contributed by atoms with van der Waals surface area (Å²) >= 11 is 0. The number of aromatic nitrogens is 2. The summed E-state index contributed by atoms with van der Waals surface area (Å²) in [5, 5.41) is 4.27. The highest BCUT2D eigenvalue weighted by Gasteiger charge is 2.34. The van der Waals surface area contributed by atoms with Crippen molar-refractivity contribution in [1.29, 1.82) is 0 Å². The molecule has 1 saturated heterocycles. The second kappa shape index (κ2) is 10.00. The number of benzene rings is 2. The van der Waals surface area contributed by atoms with E-state index in [1.807, 2.05) is 24.3 Å². The molecule has 11 heteroatoms. The van der Waals surface area contributed by atoms with Gasteiger partial charge >= 0.3 is 6.61 Å². The summed E-state index contributed by atoms with van der Waals surface area (Å²) in [6, 6.07) is 13.3. The predicted octanol–water partition coefficient (Wildman–Crippen LogP) is 3.19. The van der Waals surface area contributed by atoms with Gasteiger partial charge in [0.15, 0.2) is 5.69 Å². The average Bonchev–Trinajstić information content (AvgIpc) is 3.30. The van der Waals surface area contributed by atoms with Gasteiger partial charge in [-0.1, -0.05) is 6.07 Å². The van der Waals surface area contributed by atoms with Crippen LogP contribution >= 0.6 is 0 Å². The Bertz CT molecular complexity index is 1340. The molecule has 1 aromatic heterocycles. The van der Waals surface area contributed by atoms with Crippen molar-refractivity contribution in [2.45, 2.75) is 25.9 Å². The van der Waals surface area contributed by atoms with Crippen molar-refractivity contribution < 1.29 is 27.9 Å². The summed E-state index contributed by atoms with van der Waals surface area (Å²) < 4.78 is 31.2. The number of rotatable bonds is 7. The van der Waals surface area contributed by atoms with Crippen molar-refractivity contribution in [2.75, 3.05) is 29.4 Å². The second-order valence-corrected chi connectivity index (χ2v) is 9.04. The Hall–Kier alpha value is -4.28. The van der Waals surface area contributed by atoms with E-state index in [-0.39, 0.29) is 28.7 Å². The SMILES string of the molecule is NC(=O)c1nn(-c2cccc(OC(F)F)c2)c2c1CCN(c1ccc(N3CCCC(C=O)C3)cc1)C2=O. The number of ether oxygens (including phenoxy) is 1. The monoisotopic (exact) mass is 509 g/mol. The lowest BCUT2D eigenvalue weighted by molar-refractivity contribution is -0.111. The Morgan fingerprint density at radius 3 is 2.57 bits per heavy atom. The number of hydrogen-bond donors (Lipinski definition) is 1. The van der Waals surface area contributed by atoms with Gasteiger partial charge in [0.05, 0.1) is 5.69 Å². The first-order chi connectivity index (χ1) is 17.9. The summed E-state index contributed by atoms with van der Waals surface area (Å²) in [5.41, 5.74) is 7.97. The maximum absolute atomic E-state index is 13.7. The number of fused-ring (bicyclic) bond motifs is 1. The molecule has 2 aliphatic rings. The third-order valence-electron chi connectivity index (χ3n) is 6.71. The van der Waals surface area contributed by atoms with E-state index in [1.165, 1.54) is 22.9 Å². The fourth-order valence-corrected chi connectivity index (χ4v) is 4.98. The molecule has 37 heavy (non-hydrogen) atoms. The first-order valence-corrected chi connectivity index (χ1v) is 11.9. The van der Waals surface area contributed by atoms with Crippen LogP contribution < -0.4 is 20.3 Å². The standard InChI is InChI=1S/C26H25F2N5O4/c27-26(28)37-20-5-1-4-19(13-20)33-23-21(22(30-33)24(29)35)10-12-32(25(23)36)18-8-6-17(7-9-18)31-11-2-3-16(14-31)15-34/h1,4-9,13,15-16,26H,2-3,10-12,14H2,(H2,29,35). The summed E-state index contributed by atoms with van der Waals surface area (Å²) in [6.45, 7) is -1.18. The quantitative estimate of drug-likeness (QED) is 0.490. The molecule has 1 unspecified atom stereocenters. The minimum Gasteiger partial charge on any atom is -0.435 e. The first-order valence-electron chi connectivity index (χ1n) is 11.9. The number of piperidine rings is 1. The van der Waals surface area contributed by atoms with Crippen molar-refractivity contribution in [3.8, 4) is 11.4 Å². The van der Waals surface area contributed by atoms with E-state index >= 15 is 0 Å². The topological polar surface area (TPSA) is 111 Å². The lowest BCUT2D eigenvalue weighted by atomic mass is 9.99. The van der Waals surface area contributed by atoms with Crippen molar-refractivity contribution in [3.05, 3.63) is 65.5 Å². The number of amides is 2. The lowest BCUT2D eigenvalue weighted by Gasteiger charge is -2.33. The number of nitrogens with zero attached hydrogens (tertiary/aromatic N) is 4. The summed E-state index contributed by atoms with van der Waals surface area (Å²) in [6.07, 6.45) is 3.17.